The number of fused-ring (bicyclic) bond motifs is 1. The van der Waals surface area contributed by atoms with E-state index in [2.05, 4.69) is 59.1 Å². The zero-order valence-electron chi connectivity index (χ0n) is 23.1. The van der Waals surface area contributed by atoms with Gasteiger partial charge in [0.1, 0.15) is 6.26 Å². The normalized spacial score (nSPS) is 16.4. The topological polar surface area (TPSA) is 111 Å². The first-order chi connectivity index (χ1) is 17.9. The molecule has 4 aromatic rings. The Morgan fingerprint density at radius 2 is 2.05 bits per heavy atom. The fourth-order valence-corrected chi connectivity index (χ4v) is 5.79. The molecule has 0 spiro atoms. The third kappa shape index (κ3) is 5.08. The first kappa shape index (κ1) is 26.1. The number of nitrogens with zero attached hydrogens (tertiary/aromatic N) is 6. The maximum atomic E-state index is 13.3. The van der Waals surface area contributed by atoms with Gasteiger partial charge in [0.25, 0.3) is 5.91 Å². The van der Waals surface area contributed by atoms with E-state index in [0.29, 0.717) is 29.6 Å². The highest BCUT2D eigenvalue weighted by Crippen LogP contribution is 2.39. The van der Waals surface area contributed by atoms with Crippen molar-refractivity contribution in [3.05, 3.63) is 48.2 Å². The lowest BCUT2D eigenvalue weighted by Gasteiger charge is -2.38. The number of hydrogen-bond donors (Lipinski definition) is 1. The van der Waals surface area contributed by atoms with E-state index in [1.54, 1.807) is 17.1 Å². The zero-order valence-corrected chi connectivity index (χ0v) is 24.1. The Morgan fingerprint density at radius 1 is 1.26 bits per heavy atom. The van der Waals surface area contributed by atoms with Gasteiger partial charge in [0.15, 0.2) is 25.5 Å². The fraction of sp³-hybridized carbons (Fsp3) is 0.444. The molecule has 200 valence electrons. The van der Waals surface area contributed by atoms with Crippen LogP contribution in [0.25, 0.3) is 22.5 Å². The first-order valence-electron chi connectivity index (χ1n) is 12.9. The van der Waals surface area contributed by atoms with Crippen molar-refractivity contribution in [1.29, 1.82) is 0 Å². The average Bonchev–Trinajstić information content (AvgIpc) is 3.57. The molecule has 0 saturated carbocycles. The van der Waals surface area contributed by atoms with Gasteiger partial charge in [-0.15, -0.1) is 0 Å². The van der Waals surface area contributed by atoms with Gasteiger partial charge in [-0.1, -0.05) is 20.8 Å². The fourth-order valence-electron chi connectivity index (χ4n) is 4.41. The minimum atomic E-state index is -1.91. The number of anilines is 2. The summed E-state index contributed by atoms with van der Waals surface area (Å²) in [5, 5.41) is 8.49. The van der Waals surface area contributed by atoms with Crippen molar-refractivity contribution >= 4 is 36.8 Å². The van der Waals surface area contributed by atoms with Crippen LogP contribution in [0.2, 0.25) is 18.1 Å². The Hall–Kier alpha value is -3.57. The molecule has 1 unspecified atom stereocenters. The van der Waals surface area contributed by atoms with Gasteiger partial charge in [-0.25, -0.2) is 9.97 Å². The molecule has 38 heavy (non-hydrogen) atoms. The summed E-state index contributed by atoms with van der Waals surface area (Å²) in [6.45, 7) is 14.7. The molecule has 1 atom stereocenters. The molecular weight excluding hydrogens is 498 g/mol. The number of hydrogen-bond acceptors (Lipinski definition) is 8. The highest BCUT2D eigenvalue weighted by atomic mass is 28.4. The van der Waals surface area contributed by atoms with E-state index in [1.165, 1.54) is 6.26 Å². The molecule has 1 aliphatic rings. The van der Waals surface area contributed by atoms with E-state index >= 15 is 0 Å². The van der Waals surface area contributed by atoms with E-state index in [0.717, 1.165) is 29.5 Å². The molecule has 1 aliphatic heterocycles. The maximum Gasteiger partial charge on any atom is 0.277 e. The second-order valence-corrected chi connectivity index (χ2v) is 16.2. The Bertz CT molecular complexity index is 1490. The third-order valence-corrected chi connectivity index (χ3v) is 12.1. The van der Waals surface area contributed by atoms with Crippen LogP contribution in [0.1, 0.15) is 43.2 Å². The predicted molar refractivity (Wildman–Crippen MR) is 150 cm³/mol. The molecule has 10 nitrogen and oxygen atoms in total. The lowest BCUT2D eigenvalue weighted by atomic mass is 10.1. The number of oxazole rings is 1. The number of rotatable bonds is 6. The molecule has 0 aliphatic carbocycles. The van der Waals surface area contributed by atoms with Crippen LogP contribution >= 0.6 is 0 Å². The molecule has 5 rings (SSSR count). The van der Waals surface area contributed by atoms with Gasteiger partial charge in [-0.2, -0.15) is 5.10 Å². The summed E-state index contributed by atoms with van der Waals surface area (Å²) in [5.74, 6) is 0.687. The van der Waals surface area contributed by atoms with E-state index < -0.39 is 8.32 Å². The highest BCUT2D eigenvalue weighted by molar-refractivity contribution is 6.74. The van der Waals surface area contributed by atoms with Crippen molar-refractivity contribution in [2.24, 2.45) is 7.05 Å². The van der Waals surface area contributed by atoms with E-state index in [4.69, 9.17) is 13.8 Å². The summed E-state index contributed by atoms with van der Waals surface area (Å²) in [4.78, 5) is 28.9. The minimum absolute atomic E-state index is 0.113. The van der Waals surface area contributed by atoms with Crippen molar-refractivity contribution < 1.29 is 13.6 Å². The van der Waals surface area contributed by atoms with Crippen molar-refractivity contribution in [1.82, 2.24) is 24.7 Å². The monoisotopic (exact) mass is 533 g/mol. The number of nitrogens with one attached hydrogen (secondary N) is 1. The molecule has 1 N–H and O–H groups in total. The number of pyridine rings is 2. The second kappa shape index (κ2) is 9.63. The van der Waals surface area contributed by atoms with Crippen LogP contribution in [-0.2, 0) is 11.5 Å². The largest absolute Gasteiger partial charge is 0.444 e. The van der Waals surface area contributed by atoms with Crippen LogP contribution in [0.3, 0.4) is 0 Å². The first-order valence-corrected chi connectivity index (χ1v) is 15.8. The molecule has 0 bridgehead atoms. The van der Waals surface area contributed by atoms with Crippen LogP contribution in [0.4, 0.5) is 11.5 Å². The standard InChI is InChI=1S/C27H35N7O3Si/c1-17-13-28-10-8-20(17)26-30-22(16-36-26)25(35)29-21-12-18-14-33(5)32-23(18)31-24(21)34-11-9-19(15-34)37-38(6,7)27(2,3)4/h8,10,12-14,16,19H,9,11,15H2,1-7H3,(H,29,35). The smallest absolute Gasteiger partial charge is 0.277 e. The number of amides is 1. The van der Waals surface area contributed by atoms with Crippen LogP contribution < -0.4 is 10.2 Å². The Morgan fingerprint density at radius 3 is 2.79 bits per heavy atom. The van der Waals surface area contributed by atoms with Gasteiger partial charge >= 0.3 is 0 Å². The van der Waals surface area contributed by atoms with E-state index in [9.17, 15) is 4.79 Å². The summed E-state index contributed by atoms with van der Waals surface area (Å²) >= 11 is 0. The Kier molecular flexibility index (Phi) is 6.60. The SMILES string of the molecule is Cc1cnccc1-c1nc(C(=O)Nc2cc3cn(C)nc3nc2N2CCC(O[Si](C)(C)C(C)(C)C)C2)co1. The van der Waals surface area contributed by atoms with Crippen molar-refractivity contribution in [3.8, 4) is 11.5 Å². The number of carbonyl (C=O) groups is 1. The maximum absolute atomic E-state index is 13.3. The second-order valence-electron chi connectivity index (χ2n) is 11.5. The molecule has 1 fully saturated rings. The minimum Gasteiger partial charge on any atom is -0.444 e. The molecule has 1 amide bonds. The summed E-state index contributed by atoms with van der Waals surface area (Å²) in [6, 6.07) is 3.73. The molecule has 11 heteroatoms. The van der Waals surface area contributed by atoms with E-state index in [-0.39, 0.29) is 22.7 Å². The zero-order chi connectivity index (χ0) is 27.2. The molecule has 1 saturated heterocycles. The summed E-state index contributed by atoms with van der Waals surface area (Å²) < 4.78 is 14.0. The molecule has 0 aromatic carbocycles. The van der Waals surface area contributed by atoms with Gasteiger partial charge in [0.05, 0.1) is 11.8 Å². The molecular formula is C27H35N7O3Si. The number of aryl methyl sites for hydroxylation is 2. The van der Waals surface area contributed by atoms with Crippen LogP contribution in [-0.4, -0.2) is 58.2 Å². The summed E-state index contributed by atoms with van der Waals surface area (Å²) in [6.07, 6.45) is 7.68. The van der Waals surface area contributed by atoms with Crippen molar-refractivity contribution in [2.75, 3.05) is 23.3 Å². The van der Waals surface area contributed by atoms with Gasteiger partial charge in [-0.3, -0.25) is 14.5 Å². The van der Waals surface area contributed by atoms with Crippen LogP contribution in [0.5, 0.6) is 0 Å². The quantitative estimate of drug-likeness (QED) is 0.338. The van der Waals surface area contributed by atoms with Gasteiger partial charge in [-0.05, 0) is 49.2 Å². The van der Waals surface area contributed by atoms with Crippen molar-refractivity contribution in [3.63, 3.8) is 0 Å². The predicted octanol–water partition coefficient (Wildman–Crippen LogP) is 5.18. The van der Waals surface area contributed by atoms with Gasteiger partial charge < -0.3 is 19.1 Å². The lowest BCUT2D eigenvalue weighted by Crippen LogP contribution is -2.44. The van der Waals surface area contributed by atoms with Gasteiger partial charge in [0, 0.05) is 49.7 Å². The number of aromatic nitrogens is 5. The van der Waals surface area contributed by atoms with Gasteiger partial charge in [0.2, 0.25) is 5.89 Å². The summed E-state index contributed by atoms with van der Waals surface area (Å²) in [7, 11) is -0.0519. The van der Waals surface area contributed by atoms with Crippen LogP contribution in [0.15, 0.2) is 41.4 Å². The molecule has 0 radical (unpaired) electrons. The highest BCUT2D eigenvalue weighted by Gasteiger charge is 2.41. The van der Waals surface area contributed by atoms with Crippen LogP contribution in [0, 0.1) is 6.92 Å². The average molecular weight is 534 g/mol. The number of carbonyl (C=O) groups excluding carboxylic acids is 1. The van der Waals surface area contributed by atoms with E-state index in [1.807, 2.05) is 32.3 Å². The Balaban J connectivity index is 1.41. The Labute approximate surface area is 223 Å². The molecule has 5 heterocycles. The molecule has 4 aromatic heterocycles. The third-order valence-electron chi connectivity index (χ3n) is 7.54. The summed E-state index contributed by atoms with van der Waals surface area (Å²) in [5.41, 5.74) is 3.13. The van der Waals surface area contributed by atoms with Crippen molar-refractivity contribution in [2.45, 2.75) is 58.4 Å². The lowest BCUT2D eigenvalue weighted by molar-refractivity contribution is 0.102.